The molecule has 2 heterocycles. The van der Waals surface area contributed by atoms with Crippen LogP contribution < -0.4 is 5.32 Å². The van der Waals surface area contributed by atoms with E-state index in [0.717, 1.165) is 24.0 Å². The number of hydrogen-bond donors (Lipinski definition) is 2. The van der Waals surface area contributed by atoms with E-state index in [2.05, 4.69) is 24.1 Å². The third-order valence-electron chi connectivity index (χ3n) is 6.02. The Morgan fingerprint density at radius 3 is 2.72 bits per heavy atom. The molecule has 0 bridgehead atoms. The van der Waals surface area contributed by atoms with Crippen LogP contribution in [0.2, 0.25) is 0 Å². The molecule has 2 saturated heterocycles. The van der Waals surface area contributed by atoms with Crippen LogP contribution in [0, 0.1) is 17.7 Å². The van der Waals surface area contributed by atoms with Crippen molar-refractivity contribution in [1.29, 1.82) is 0 Å². The standard InChI is InChI=1S/C25H26FN3O3/c1-2-3-4-6-17-9-11-18(12-10-17)24-21-14-28(15-23(31)29(21)22(24)16-30)25(32)27-20-8-5-7-19(26)13-20/h5,7-13,21-22,24,30H,2-3,14-16H2,1H3,(H,27,32)/t21-,22+,24-/m1/s1. The summed E-state index contributed by atoms with van der Waals surface area (Å²) in [6, 6.07) is 12.5. The summed E-state index contributed by atoms with van der Waals surface area (Å²) in [5.74, 6) is 5.53. The zero-order chi connectivity index (χ0) is 22.7. The lowest BCUT2D eigenvalue weighted by Crippen LogP contribution is -2.73. The molecule has 32 heavy (non-hydrogen) atoms. The number of halogens is 1. The highest BCUT2D eigenvalue weighted by Gasteiger charge is 2.54. The van der Waals surface area contributed by atoms with Crippen LogP contribution in [0.25, 0.3) is 0 Å². The molecule has 0 spiro atoms. The predicted octanol–water partition coefficient (Wildman–Crippen LogP) is 3.18. The van der Waals surface area contributed by atoms with Gasteiger partial charge in [-0.1, -0.05) is 37.0 Å². The number of aliphatic hydroxyl groups excluding tert-OH is 1. The van der Waals surface area contributed by atoms with E-state index in [9.17, 15) is 19.1 Å². The summed E-state index contributed by atoms with van der Waals surface area (Å²) in [6.45, 7) is 2.21. The van der Waals surface area contributed by atoms with Gasteiger partial charge in [0, 0.05) is 30.1 Å². The first-order valence-corrected chi connectivity index (χ1v) is 10.8. The van der Waals surface area contributed by atoms with Gasteiger partial charge in [-0.15, -0.1) is 0 Å². The molecule has 3 atom stereocenters. The summed E-state index contributed by atoms with van der Waals surface area (Å²) in [4.78, 5) is 28.6. The molecule has 0 radical (unpaired) electrons. The molecule has 0 saturated carbocycles. The number of benzene rings is 2. The number of amides is 3. The average Bonchev–Trinajstić information content (AvgIpc) is 2.76. The zero-order valence-corrected chi connectivity index (χ0v) is 17.9. The summed E-state index contributed by atoms with van der Waals surface area (Å²) in [6.07, 6.45) is 1.86. The number of piperazine rings is 1. The average molecular weight is 435 g/mol. The van der Waals surface area contributed by atoms with Crippen LogP contribution in [0.1, 0.15) is 36.8 Å². The molecule has 4 rings (SSSR count). The van der Waals surface area contributed by atoms with Gasteiger partial charge < -0.3 is 20.2 Å². The lowest BCUT2D eigenvalue weighted by molar-refractivity contribution is -0.159. The summed E-state index contributed by atoms with van der Waals surface area (Å²) in [5, 5.41) is 12.6. The van der Waals surface area contributed by atoms with Gasteiger partial charge in [0.05, 0.1) is 18.7 Å². The Balaban J connectivity index is 1.49. The zero-order valence-electron chi connectivity index (χ0n) is 17.9. The highest BCUT2D eigenvalue weighted by Crippen LogP contribution is 2.43. The number of nitrogens with zero attached hydrogens (tertiary/aromatic N) is 2. The van der Waals surface area contributed by atoms with Crippen molar-refractivity contribution in [3.8, 4) is 11.8 Å². The maximum Gasteiger partial charge on any atom is 0.322 e. The lowest BCUT2D eigenvalue weighted by atomic mass is 9.73. The van der Waals surface area contributed by atoms with E-state index in [1.807, 2.05) is 24.3 Å². The quantitative estimate of drug-likeness (QED) is 0.725. The van der Waals surface area contributed by atoms with Gasteiger partial charge in [-0.05, 0) is 42.3 Å². The SMILES string of the molecule is CCCC#Cc1ccc([C@@H]2[C@H]3CN(C(=O)Nc4cccc(F)c4)CC(=O)N3[C@H]2CO)cc1. The van der Waals surface area contributed by atoms with Crippen LogP contribution in [0.3, 0.4) is 0 Å². The van der Waals surface area contributed by atoms with Gasteiger partial charge in [0.2, 0.25) is 5.91 Å². The summed E-state index contributed by atoms with van der Waals surface area (Å²) in [7, 11) is 0. The van der Waals surface area contributed by atoms with Crippen LogP contribution in [0.15, 0.2) is 48.5 Å². The maximum absolute atomic E-state index is 13.4. The van der Waals surface area contributed by atoms with Crippen molar-refractivity contribution in [2.75, 3.05) is 25.0 Å². The normalized spacial score (nSPS) is 21.8. The highest BCUT2D eigenvalue weighted by atomic mass is 19.1. The number of carbonyl (C=O) groups excluding carboxylic acids is 2. The smallest absolute Gasteiger partial charge is 0.322 e. The number of rotatable bonds is 4. The van der Waals surface area contributed by atoms with Crippen molar-refractivity contribution >= 4 is 17.6 Å². The molecule has 7 heteroatoms. The minimum absolute atomic E-state index is 0.0766. The Bertz CT molecular complexity index is 1060. The summed E-state index contributed by atoms with van der Waals surface area (Å²) < 4.78 is 13.4. The van der Waals surface area contributed by atoms with E-state index in [0.29, 0.717) is 12.2 Å². The van der Waals surface area contributed by atoms with Gasteiger partial charge >= 0.3 is 6.03 Å². The van der Waals surface area contributed by atoms with Crippen LogP contribution in [0.5, 0.6) is 0 Å². The minimum atomic E-state index is -0.448. The first-order valence-electron chi connectivity index (χ1n) is 10.8. The van der Waals surface area contributed by atoms with E-state index in [-0.39, 0.29) is 37.1 Å². The fraction of sp³-hybridized carbons (Fsp3) is 0.360. The first-order chi connectivity index (χ1) is 15.5. The van der Waals surface area contributed by atoms with Gasteiger partial charge in [-0.2, -0.15) is 0 Å². The number of nitrogens with one attached hydrogen (secondary N) is 1. The van der Waals surface area contributed by atoms with Crippen molar-refractivity contribution < 1.29 is 19.1 Å². The molecular formula is C25H26FN3O3. The fourth-order valence-corrected chi connectivity index (χ4v) is 4.50. The van der Waals surface area contributed by atoms with Gasteiger partial charge in [0.25, 0.3) is 0 Å². The first kappa shape index (κ1) is 21.8. The number of hydrogen-bond acceptors (Lipinski definition) is 3. The van der Waals surface area contributed by atoms with Gasteiger partial charge in [-0.3, -0.25) is 4.79 Å². The monoisotopic (exact) mass is 435 g/mol. The fourth-order valence-electron chi connectivity index (χ4n) is 4.50. The third kappa shape index (κ3) is 4.32. The Labute approximate surface area is 187 Å². The van der Waals surface area contributed by atoms with E-state index in [4.69, 9.17) is 0 Å². The molecular weight excluding hydrogens is 409 g/mol. The Morgan fingerprint density at radius 1 is 1.25 bits per heavy atom. The predicted molar refractivity (Wildman–Crippen MR) is 119 cm³/mol. The van der Waals surface area contributed by atoms with Gasteiger partial charge in [-0.25, -0.2) is 9.18 Å². The van der Waals surface area contributed by atoms with Gasteiger partial charge in [0.15, 0.2) is 0 Å². The Morgan fingerprint density at radius 2 is 2.03 bits per heavy atom. The molecule has 0 aromatic heterocycles. The third-order valence-corrected chi connectivity index (χ3v) is 6.02. The van der Waals surface area contributed by atoms with Crippen molar-refractivity contribution in [3.63, 3.8) is 0 Å². The van der Waals surface area contributed by atoms with Gasteiger partial charge in [0.1, 0.15) is 12.4 Å². The molecule has 0 unspecified atom stereocenters. The Hall–Kier alpha value is -3.37. The molecule has 2 aromatic rings. The molecule has 2 aliphatic rings. The minimum Gasteiger partial charge on any atom is -0.394 e. The number of unbranched alkanes of at least 4 members (excludes halogenated alkanes) is 1. The number of urea groups is 1. The van der Waals surface area contributed by atoms with E-state index in [1.54, 1.807) is 11.0 Å². The van der Waals surface area contributed by atoms with Crippen LogP contribution >= 0.6 is 0 Å². The molecule has 2 aliphatic heterocycles. The van der Waals surface area contributed by atoms with Crippen LogP contribution in [0.4, 0.5) is 14.9 Å². The van der Waals surface area contributed by atoms with Crippen molar-refractivity contribution in [2.45, 2.75) is 37.8 Å². The number of aliphatic hydroxyl groups is 1. The summed E-state index contributed by atoms with van der Waals surface area (Å²) >= 11 is 0. The molecule has 2 aromatic carbocycles. The van der Waals surface area contributed by atoms with Crippen molar-refractivity contribution in [2.24, 2.45) is 0 Å². The molecule has 2 fully saturated rings. The van der Waals surface area contributed by atoms with E-state index in [1.165, 1.54) is 23.1 Å². The van der Waals surface area contributed by atoms with E-state index >= 15 is 0 Å². The van der Waals surface area contributed by atoms with Crippen molar-refractivity contribution in [1.82, 2.24) is 9.80 Å². The van der Waals surface area contributed by atoms with Crippen LogP contribution in [-0.4, -0.2) is 58.6 Å². The number of anilines is 1. The maximum atomic E-state index is 13.4. The molecule has 3 amide bonds. The summed E-state index contributed by atoms with van der Waals surface area (Å²) in [5.41, 5.74) is 2.27. The second-order valence-corrected chi connectivity index (χ2v) is 8.14. The van der Waals surface area contributed by atoms with E-state index < -0.39 is 11.8 Å². The molecule has 6 nitrogen and oxygen atoms in total. The lowest BCUT2D eigenvalue weighted by Gasteiger charge is -2.58. The van der Waals surface area contributed by atoms with Crippen LogP contribution in [-0.2, 0) is 4.79 Å². The second-order valence-electron chi connectivity index (χ2n) is 8.14. The molecule has 2 N–H and O–H groups in total. The topological polar surface area (TPSA) is 72.9 Å². The highest BCUT2D eigenvalue weighted by molar-refractivity contribution is 5.93. The Kier molecular flexibility index (Phi) is 6.42. The molecule has 166 valence electrons. The van der Waals surface area contributed by atoms with Crippen molar-refractivity contribution in [3.05, 3.63) is 65.5 Å². The number of carbonyl (C=O) groups is 2. The molecule has 0 aliphatic carbocycles. The second kappa shape index (κ2) is 9.41. The largest absolute Gasteiger partial charge is 0.394 e. The number of fused-ring (bicyclic) bond motifs is 1.